The van der Waals surface area contributed by atoms with Crippen LogP contribution in [0.25, 0.3) is 10.8 Å². The highest BCUT2D eigenvalue weighted by atomic mass is 19.1. The Morgan fingerprint density at radius 1 is 1.13 bits per heavy atom. The van der Waals surface area contributed by atoms with E-state index in [0.29, 0.717) is 53.6 Å². The zero-order valence-electron chi connectivity index (χ0n) is 21.5. The maximum atomic E-state index is 14.9. The number of fused-ring (bicyclic) bond motifs is 1. The first-order valence-corrected chi connectivity index (χ1v) is 12.5. The smallest absolute Gasteiger partial charge is 0.272 e. The SMILES string of the molecule is CC#Cc1ccc2c(=O)[nH]nc(Cc3ccc(F)c(C(=O)N4CCN(c5ccc(C#N)cn5)C(C)C4)c3)c2c1. The summed E-state index contributed by atoms with van der Waals surface area (Å²) >= 11 is 0. The summed E-state index contributed by atoms with van der Waals surface area (Å²) in [6, 6.07) is 15.3. The number of nitrogens with zero attached hydrogens (tertiary/aromatic N) is 5. The number of carbonyl (C=O) groups is 1. The van der Waals surface area contributed by atoms with Gasteiger partial charge in [0.1, 0.15) is 17.7 Å². The summed E-state index contributed by atoms with van der Waals surface area (Å²) in [6.07, 6.45) is 1.82. The number of amides is 1. The molecule has 1 amide bonds. The van der Waals surface area contributed by atoms with Gasteiger partial charge in [0.05, 0.1) is 22.2 Å². The van der Waals surface area contributed by atoms with Gasteiger partial charge in [-0.1, -0.05) is 12.0 Å². The third kappa shape index (κ3) is 5.21. The molecule has 1 fully saturated rings. The number of carbonyl (C=O) groups excluding carboxylic acids is 1. The maximum Gasteiger partial charge on any atom is 0.272 e. The Kier molecular flexibility index (Phi) is 7.07. The summed E-state index contributed by atoms with van der Waals surface area (Å²) in [7, 11) is 0. The van der Waals surface area contributed by atoms with E-state index in [1.54, 1.807) is 48.2 Å². The van der Waals surface area contributed by atoms with Crippen molar-refractivity contribution in [2.24, 2.45) is 0 Å². The van der Waals surface area contributed by atoms with Crippen molar-refractivity contribution in [2.75, 3.05) is 24.5 Å². The van der Waals surface area contributed by atoms with Gasteiger partial charge in [-0.15, -0.1) is 5.92 Å². The number of hydrogen-bond donors (Lipinski definition) is 1. The molecular weight excluding hydrogens is 495 g/mol. The number of pyridine rings is 1. The molecule has 0 aliphatic carbocycles. The van der Waals surface area contributed by atoms with Crippen molar-refractivity contribution < 1.29 is 9.18 Å². The van der Waals surface area contributed by atoms with E-state index in [1.165, 1.54) is 12.3 Å². The normalized spacial score (nSPS) is 15.0. The zero-order valence-corrected chi connectivity index (χ0v) is 21.5. The second kappa shape index (κ2) is 10.8. The van der Waals surface area contributed by atoms with Crippen LogP contribution in [0.2, 0.25) is 0 Å². The first-order chi connectivity index (χ1) is 18.9. The average Bonchev–Trinajstić information content (AvgIpc) is 2.95. The van der Waals surface area contributed by atoms with Gasteiger partial charge >= 0.3 is 0 Å². The number of aromatic amines is 1. The molecule has 39 heavy (non-hydrogen) atoms. The summed E-state index contributed by atoms with van der Waals surface area (Å²) < 4.78 is 14.9. The molecule has 1 aliphatic heterocycles. The summed E-state index contributed by atoms with van der Waals surface area (Å²) in [5.74, 6) is 5.60. The van der Waals surface area contributed by atoms with Crippen molar-refractivity contribution in [2.45, 2.75) is 26.3 Å². The Balaban J connectivity index is 1.37. The molecule has 2 aromatic carbocycles. The molecule has 5 rings (SSSR count). The third-order valence-corrected chi connectivity index (χ3v) is 6.86. The lowest BCUT2D eigenvalue weighted by molar-refractivity contribution is 0.0721. The summed E-state index contributed by atoms with van der Waals surface area (Å²) in [6.45, 7) is 5.06. The molecule has 194 valence electrons. The molecule has 0 bridgehead atoms. The largest absolute Gasteiger partial charge is 0.350 e. The molecule has 2 aromatic heterocycles. The van der Waals surface area contributed by atoms with E-state index >= 15 is 0 Å². The number of benzene rings is 2. The standard InChI is InChI=1S/C30H25FN6O2/c1-3-4-20-5-8-23-24(13-20)27(34-35-29(23)38)15-21-6-9-26(31)25(14-21)30(39)36-11-12-37(19(2)18-36)28-10-7-22(16-32)17-33-28/h5-10,13-14,17,19H,11-12,15,18H2,1-2H3,(H,35,38). The van der Waals surface area contributed by atoms with E-state index in [-0.39, 0.29) is 23.1 Å². The molecule has 3 heterocycles. The highest BCUT2D eigenvalue weighted by molar-refractivity contribution is 5.95. The molecule has 8 nitrogen and oxygen atoms in total. The lowest BCUT2D eigenvalue weighted by atomic mass is 10.0. The minimum atomic E-state index is -0.590. The van der Waals surface area contributed by atoms with Crippen molar-refractivity contribution in [1.82, 2.24) is 20.1 Å². The average molecular weight is 521 g/mol. The number of rotatable bonds is 4. The van der Waals surface area contributed by atoms with Crippen LogP contribution in [0.3, 0.4) is 0 Å². The number of H-pyrrole nitrogens is 1. The van der Waals surface area contributed by atoms with Crippen molar-refractivity contribution in [3.8, 4) is 17.9 Å². The number of aromatic nitrogens is 3. The zero-order chi connectivity index (χ0) is 27.5. The van der Waals surface area contributed by atoms with Crippen molar-refractivity contribution in [1.29, 1.82) is 5.26 Å². The number of halogens is 1. The molecule has 1 unspecified atom stereocenters. The molecule has 1 atom stereocenters. The lowest BCUT2D eigenvalue weighted by Crippen LogP contribution is -2.54. The van der Waals surface area contributed by atoms with Gasteiger partial charge in [-0.2, -0.15) is 10.4 Å². The highest BCUT2D eigenvalue weighted by Gasteiger charge is 2.29. The van der Waals surface area contributed by atoms with Gasteiger partial charge in [-0.3, -0.25) is 9.59 Å². The first kappa shape index (κ1) is 25.6. The molecule has 0 saturated carbocycles. The van der Waals surface area contributed by atoms with E-state index in [4.69, 9.17) is 5.26 Å². The van der Waals surface area contributed by atoms with Crippen LogP contribution in [0.4, 0.5) is 10.2 Å². The van der Waals surface area contributed by atoms with Crippen LogP contribution in [0.1, 0.15) is 46.6 Å². The summed E-state index contributed by atoms with van der Waals surface area (Å²) in [5.41, 5.74) is 2.24. The number of anilines is 1. The van der Waals surface area contributed by atoms with Crippen LogP contribution in [0.5, 0.6) is 0 Å². The summed E-state index contributed by atoms with van der Waals surface area (Å²) in [4.78, 5) is 33.8. The molecule has 1 aliphatic rings. The van der Waals surface area contributed by atoms with Crippen molar-refractivity contribution in [3.05, 3.63) is 98.8 Å². The number of piperazine rings is 1. The van der Waals surface area contributed by atoms with E-state index < -0.39 is 5.82 Å². The predicted molar refractivity (Wildman–Crippen MR) is 146 cm³/mol. The van der Waals surface area contributed by atoms with Crippen molar-refractivity contribution >= 4 is 22.5 Å². The fourth-order valence-corrected chi connectivity index (χ4v) is 4.89. The Labute approximate surface area is 224 Å². The van der Waals surface area contributed by atoms with Crippen LogP contribution < -0.4 is 10.5 Å². The van der Waals surface area contributed by atoms with Crippen LogP contribution in [-0.2, 0) is 6.42 Å². The third-order valence-electron chi connectivity index (χ3n) is 6.86. The summed E-state index contributed by atoms with van der Waals surface area (Å²) in [5, 5.41) is 16.9. The molecule has 1 N–H and O–H groups in total. The van der Waals surface area contributed by atoms with E-state index in [0.717, 1.165) is 11.4 Å². The molecule has 1 saturated heterocycles. The van der Waals surface area contributed by atoms with Gasteiger partial charge in [0, 0.05) is 49.2 Å². The van der Waals surface area contributed by atoms with Crippen molar-refractivity contribution in [3.63, 3.8) is 0 Å². The quantitative estimate of drug-likeness (QED) is 0.412. The van der Waals surface area contributed by atoms with Gasteiger partial charge in [0.15, 0.2) is 0 Å². The van der Waals surface area contributed by atoms with Gasteiger partial charge in [-0.05, 0) is 61.9 Å². The number of hydrogen-bond acceptors (Lipinski definition) is 6. The van der Waals surface area contributed by atoms with Crippen LogP contribution in [0.15, 0.2) is 59.5 Å². The minimum Gasteiger partial charge on any atom is -0.350 e. The van der Waals surface area contributed by atoms with Crippen LogP contribution in [0, 0.1) is 29.0 Å². The Morgan fingerprint density at radius 2 is 1.95 bits per heavy atom. The topological polar surface area (TPSA) is 106 Å². The van der Waals surface area contributed by atoms with E-state index in [2.05, 4.69) is 38.0 Å². The highest BCUT2D eigenvalue weighted by Crippen LogP contribution is 2.23. The Bertz CT molecular complexity index is 1730. The minimum absolute atomic E-state index is 0.00378. The Morgan fingerprint density at radius 3 is 2.67 bits per heavy atom. The number of nitriles is 1. The number of nitrogens with one attached hydrogen (secondary N) is 1. The van der Waals surface area contributed by atoms with Crippen LogP contribution >= 0.6 is 0 Å². The molecular formula is C30H25FN6O2. The van der Waals surface area contributed by atoms with Gasteiger partial charge < -0.3 is 9.80 Å². The lowest BCUT2D eigenvalue weighted by Gasteiger charge is -2.40. The van der Waals surface area contributed by atoms with Gasteiger partial charge in [-0.25, -0.2) is 14.5 Å². The maximum absolute atomic E-state index is 14.9. The second-order valence-corrected chi connectivity index (χ2v) is 9.44. The van der Waals surface area contributed by atoms with Crippen LogP contribution in [-0.4, -0.2) is 51.7 Å². The van der Waals surface area contributed by atoms with E-state index in [9.17, 15) is 14.0 Å². The van der Waals surface area contributed by atoms with E-state index in [1.807, 2.05) is 13.0 Å². The predicted octanol–water partition coefficient (Wildman–Crippen LogP) is 3.64. The fourth-order valence-electron chi connectivity index (χ4n) is 4.89. The molecule has 9 heteroatoms. The fraction of sp³-hybridized carbons (Fsp3) is 0.233. The first-order valence-electron chi connectivity index (χ1n) is 12.5. The molecule has 4 aromatic rings. The monoisotopic (exact) mass is 520 g/mol. The molecule has 0 radical (unpaired) electrons. The molecule has 0 spiro atoms. The van der Waals surface area contributed by atoms with Gasteiger partial charge in [0.2, 0.25) is 0 Å². The van der Waals surface area contributed by atoms with Gasteiger partial charge in [0.25, 0.3) is 11.5 Å². The Hall–Kier alpha value is -5.02. The second-order valence-electron chi connectivity index (χ2n) is 9.44.